The largest absolute Gasteiger partial charge is 0.379 e. The molecule has 2 saturated heterocycles. The van der Waals surface area contributed by atoms with Crippen LogP contribution in [0.3, 0.4) is 0 Å². The van der Waals surface area contributed by atoms with Gasteiger partial charge in [-0.3, -0.25) is 9.80 Å². The third-order valence-corrected chi connectivity index (χ3v) is 4.35. The SMILES string of the molecule is [CH2]CC(C)(N1CCOCC1)N1CCN(C)CC1. The Bertz CT molecular complexity index is 235. The van der Waals surface area contributed by atoms with Crippen molar-refractivity contribution in [1.29, 1.82) is 0 Å². The Hall–Kier alpha value is -0.160. The van der Waals surface area contributed by atoms with Crippen molar-refractivity contribution in [3.63, 3.8) is 0 Å². The predicted octanol–water partition coefficient (Wildman–Crippen LogP) is 0.506. The van der Waals surface area contributed by atoms with Crippen molar-refractivity contribution in [3.8, 4) is 0 Å². The fraction of sp³-hybridized carbons (Fsp3) is 0.923. The molecule has 2 aliphatic rings. The first-order chi connectivity index (χ1) is 8.16. The van der Waals surface area contributed by atoms with Crippen molar-refractivity contribution >= 4 is 0 Å². The van der Waals surface area contributed by atoms with E-state index < -0.39 is 0 Å². The van der Waals surface area contributed by atoms with Gasteiger partial charge in [0.05, 0.1) is 18.9 Å². The van der Waals surface area contributed by atoms with Crippen LogP contribution in [0.5, 0.6) is 0 Å². The molecule has 99 valence electrons. The molecule has 0 aromatic carbocycles. The van der Waals surface area contributed by atoms with E-state index >= 15 is 0 Å². The van der Waals surface area contributed by atoms with E-state index in [9.17, 15) is 0 Å². The molecule has 0 aromatic rings. The van der Waals surface area contributed by atoms with Crippen LogP contribution >= 0.6 is 0 Å². The molecule has 4 nitrogen and oxygen atoms in total. The fourth-order valence-electron chi connectivity index (χ4n) is 2.85. The smallest absolute Gasteiger partial charge is 0.0711 e. The minimum atomic E-state index is 0.116. The number of morpholine rings is 1. The lowest BCUT2D eigenvalue weighted by Gasteiger charge is -2.52. The van der Waals surface area contributed by atoms with Crippen LogP contribution in [0.2, 0.25) is 0 Å². The van der Waals surface area contributed by atoms with Crippen LogP contribution in [0, 0.1) is 6.92 Å². The molecular weight excluding hydrogens is 214 g/mol. The predicted molar refractivity (Wildman–Crippen MR) is 69.8 cm³/mol. The van der Waals surface area contributed by atoms with Crippen LogP contribution < -0.4 is 0 Å². The number of hydrogen-bond donors (Lipinski definition) is 0. The van der Waals surface area contributed by atoms with Crippen molar-refractivity contribution in [2.75, 3.05) is 59.5 Å². The average molecular weight is 240 g/mol. The molecule has 2 rings (SSSR count). The lowest BCUT2D eigenvalue weighted by atomic mass is 10.0. The topological polar surface area (TPSA) is 19.0 Å². The fourth-order valence-corrected chi connectivity index (χ4v) is 2.85. The lowest BCUT2D eigenvalue weighted by molar-refractivity contribution is -0.102. The Kier molecular flexibility index (Phi) is 4.42. The molecule has 0 N–H and O–H groups in total. The second-order valence-electron chi connectivity index (χ2n) is 5.36. The summed E-state index contributed by atoms with van der Waals surface area (Å²) in [5.41, 5.74) is 0.116. The molecule has 0 aliphatic carbocycles. The second-order valence-corrected chi connectivity index (χ2v) is 5.36. The van der Waals surface area contributed by atoms with Gasteiger partial charge in [0.15, 0.2) is 0 Å². The van der Waals surface area contributed by atoms with Gasteiger partial charge in [0.25, 0.3) is 0 Å². The average Bonchev–Trinajstić information content (AvgIpc) is 2.40. The molecule has 4 heteroatoms. The molecular formula is C13H26N3O. The van der Waals surface area contributed by atoms with Gasteiger partial charge in [-0.25, -0.2) is 0 Å². The van der Waals surface area contributed by atoms with Gasteiger partial charge < -0.3 is 9.64 Å². The van der Waals surface area contributed by atoms with Crippen molar-refractivity contribution in [3.05, 3.63) is 6.92 Å². The number of nitrogens with zero attached hydrogens (tertiary/aromatic N) is 3. The first kappa shape index (κ1) is 13.3. The van der Waals surface area contributed by atoms with Crippen LogP contribution in [-0.4, -0.2) is 79.9 Å². The summed E-state index contributed by atoms with van der Waals surface area (Å²) in [5.74, 6) is 0. The zero-order valence-corrected chi connectivity index (χ0v) is 11.3. The summed E-state index contributed by atoms with van der Waals surface area (Å²) < 4.78 is 5.45. The van der Waals surface area contributed by atoms with Gasteiger partial charge in [-0.15, -0.1) is 0 Å². The Balaban J connectivity index is 2.01. The standard InChI is InChI=1S/C13H26N3O/c1-4-13(2,16-9-11-17-12-10-16)15-7-5-14(3)6-8-15/h1,4-12H2,2-3H3. The van der Waals surface area contributed by atoms with Crippen LogP contribution in [0.15, 0.2) is 0 Å². The van der Waals surface area contributed by atoms with Crippen LogP contribution in [0.1, 0.15) is 13.3 Å². The zero-order valence-electron chi connectivity index (χ0n) is 11.3. The zero-order chi connectivity index (χ0) is 12.3. The molecule has 2 fully saturated rings. The van der Waals surface area contributed by atoms with Crippen LogP contribution in [-0.2, 0) is 4.74 Å². The number of likely N-dealkylation sites (N-methyl/N-ethyl adjacent to an activating group) is 1. The van der Waals surface area contributed by atoms with E-state index in [1.54, 1.807) is 0 Å². The maximum atomic E-state index is 5.45. The quantitative estimate of drug-likeness (QED) is 0.715. The first-order valence-corrected chi connectivity index (χ1v) is 6.72. The maximum absolute atomic E-state index is 5.45. The van der Waals surface area contributed by atoms with E-state index in [1.165, 1.54) is 13.1 Å². The molecule has 0 aromatic heterocycles. The minimum Gasteiger partial charge on any atom is -0.379 e. The molecule has 1 radical (unpaired) electrons. The van der Waals surface area contributed by atoms with Gasteiger partial charge in [0.2, 0.25) is 0 Å². The van der Waals surface area contributed by atoms with Gasteiger partial charge in [0, 0.05) is 39.3 Å². The van der Waals surface area contributed by atoms with Gasteiger partial charge >= 0.3 is 0 Å². The van der Waals surface area contributed by atoms with E-state index in [4.69, 9.17) is 4.74 Å². The van der Waals surface area contributed by atoms with E-state index in [0.29, 0.717) is 0 Å². The minimum absolute atomic E-state index is 0.116. The van der Waals surface area contributed by atoms with E-state index in [2.05, 4.69) is 35.6 Å². The molecule has 17 heavy (non-hydrogen) atoms. The number of rotatable bonds is 3. The summed E-state index contributed by atoms with van der Waals surface area (Å²) in [6.45, 7) is 15.0. The molecule has 1 atom stereocenters. The normalized spacial score (nSPS) is 29.1. The van der Waals surface area contributed by atoms with Gasteiger partial charge in [0.1, 0.15) is 0 Å². The summed E-state index contributed by atoms with van der Waals surface area (Å²) in [6.07, 6.45) is 0.941. The first-order valence-electron chi connectivity index (χ1n) is 6.72. The molecule has 0 saturated carbocycles. The van der Waals surface area contributed by atoms with Crippen LogP contribution in [0.4, 0.5) is 0 Å². The number of piperazine rings is 1. The molecule has 0 amide bonds. The highest BCUT2D eigenvalue weighted by molar-refractivity contribution is 4.90. The van der Waals surface area contributed by atoms with E-state index in [0.717, 1.165) is 45.8 Å². The van der Waals surface area contributed by atoms with Gasteiger partial charge in [-0.2, -0.15) is 0 Å². The Morgan fingerprint density at radius 2 is 1.53 bits per heavy atom. The maximum Gasteiger partial charge on any atom is 0.0711 e. The molecule has 0 bridgehead atoms. The second kappa shape index (κ2) is 5.65. The highest BCUT2D eigenvalue weighted by Crippen LogP contribution is 2.26. The summed E-state index contributed by atoms with van der Waals surface area (Å²) in [5, 5.41) is 0. The summed E-state index contributed by atoms with van der Waals surface area (Å²) in [7, 11) is 2.20. The summed E-state index contributed by atoms with van der Waals surface area (Å²) >= 11 is 0. The molecule has 1 unspecified atom stereocenters. The monoisotopic (exact) mass is 240 g/mol. The Labute approximate surface area is 105 Å². The number of hydrogen-bond acceptors (Lipinski definition) is 4. The number of ether oxygens (including phenoxy) is 1. The third kappa shape index (κ3) is 2.81. The third-order valence-electron chi connectivity index (χ3n) is 4.35. The molecule has 2 aliphatic heterocycles. The van der Waals surface area contributed by atoms with Gasteiger partial charge in [-0.1, -0.05) is 6.92 Å². The lowest BCUT2D eigenvalue weighted by Crippen LogP contribution is -2.64. The molecule has 2 heterocycles. The summed E-state index contributed by atoms with van der Waals surface area (Å²) in [4.78, 5) is 7.56. The van der Waals surface area contributed by atoms with Crippen molar-refractivity contribution < 1.29 is 4.74 Å². The highest BCUT2D eigenvalue weighted by atomic mass is 16.5. The van der Waals surface area contributed by atoms with Crippen molar-refractivity contribution in [2.45, 2.75) is 19.0 Å². The molecule has 0 spiro atoms. The van der Waals surface area contributed by atoms with Crippen molar-refractivity contribution in [2.24, 2.45) is 0 Å². The van der Waals surface area contributed by atoms with E-state index in [-0.39, 0.29) is 5.66 Å². The van der Waals surface area contributed by atoms with Crippen LogP contribution in [0.25, 0.3) is 0 Å². The highest BCUT2D eigenvalue weighted by Gasteiger charge is 2.37. The van der Waals surface area contributed by atoms with Gasteiger partial charge in [-0.05, 0) is 20.4 Å². The summed E-state index contributed by atoms with van der Waals surface area (Å²) in [6, 6.07) is 0. The Morgan fingerprint density at radius 1 is 1.00 bits per heavy atom. The Morgan fingerprint density at radius 3 is 2.06 bits per heavy atom. The van der Waals surface area contributed by atoms with E-state index in [1.807, 2.05) is 0 Å². The van der Waals surface area contributed by atoms with Crippen molar-refractivity contribution in [1.82, 2.24) is 14.7 Å².